The van der Waals surface area contributed by atoms with Gasteiger partial charge in [0, 0.05) is 18.8 Å². The number of carbonyl (C=O) groups is 1. The molecule has 138 valence electrons. The number of rotatable bonds is 4. The summed E-state index contributed by atoms with van der Waals surface area (Å²) in [4.78, 5) is 12.9. The second-order valence-corrected chi connectivity index (χ2v) is 8.76. The van der Waals surface area contributed by atoms with E-state index in [1.165, 1.54) is 4.31 Å². The van der Waals surface area contributed by atoms with E-state index in [2.05, 4.69) is 5.32 Å². The lowest BCUT2D eigenvalue weighted by Crippen LogP contribution is -2.43. The Hall–Kier alpha value is -2.18. The minimum absolute atomic E-state index is 0.122. The summed E-state index contributed by atoms with van der Waals surface area (Å²) >= 11 is 0. The fourth-order valence-electron chi connectivity index (χ4n) is 3.18. The molecule has 0 spiro atoms. The molecule has 0 aliphatic carbocycles. The number of anilines is 1. The van der Waals surface area contributed by atoms with E-state index in [0.717, 1.165) is 16.8 Å². The molecule has 0 unspecified atom stereocenters. The molecule has 2 aromatic rings. The summed E-state index contributed by atoms with van der Waals surface area (Å²) in [5.41, 5.74) is 2.77. The van der Waals surface area contributed by atoms with Crippen molar-refractivity contribution in [2.24, 2.45) is 5.92 Å². The number of benzene rings is 2. The Kier molecular flexibility index (Phi) is 5.44. The third-order valence-corrected chi connectivity index (χ3v) is 6.70. The zero-order chi connectivity index (χ0) is 18.7. The lowest BCUT2D eigenvalue weighted by atomic mass is 9.98. The monoisotopic (exact) mass is 372 g/mol. The molecule has 1 aliphatic rings. The molecule has 6 heteroatoms. The summed E-state index contributed by atoms with van der Waals surface area (Å²) in [6.07, 6.45) is 1.37. The van der Waals surface area contributed by atoms with Crippen LogP contribution in [0.2, 0.25) is 0 Å². The van der Waals surface area contributed by atoms with Gasteiger partial charge in [0.2, 0.25) is 15.9 Å². The number of hydrogen-bond donors (Lipinski definition) is 1. The Morgan fingerprint density at radius 2 is 1.77 bits per heavy atom. The Bertz CT molecular complexity index is 892. The van der Waals surface area contributed by atoms with Gasteiger partial charge in [-0.05, 0) is 50.5 Å². The first-order valence-electron chi connectivity index (χ1n) is 8.81. The smallest absolute Gasteiger partial charge is 0.243 e. The second-order valence-electron chi connectivity index (χ2n) is 6.82. The van der Waals surface area contributed by atoms with Crippen LogP contribution in [0.15, 0.2) is 53.4 Å². The maximum Gasteiger partial charge on any atom is 0.243 e. The number of nitrogens with one attached hydrogen (secondary N) is 1. The van der Waals surface area contributed by atoms with Crippen LogP contribution in [0, 0.1) is 19.8 Å². The number of nitrogens with zero attached hydrogens (tertiary/aromatic N) is 1. The summed E-state index contributed by atoms with van der Waals surface area (Å²) in [6.45, 7) is 4.52. The number of hydrogen-bond acceptors (Lipinski definition) is 3. The first kappa shape index (κ1) is 18.6. The maximum atomic E-state index is 12.9. The topological polar surface area (TPSA) is 66.5 Å². The molecule has 1 heterocycles. The molecule has 5 nitrogen and oxygen atoms in total. The highest BCUT2D eigenvalue weighted by molar-refractivity contribution is 7.89. The summed E-state index contributed by atoms with van der Waals surface area (Å²) in [5, 5.41) is 2.94. The van der Waals surface area contributed by atoms with Crippen LogP contribution in [0.3, 0.4) is 0 Å². The van der Waals surface area contributed by atoms with Crippen LogP contribution in [0.5, 0.6) is 0 Å². The summed E-state index contributed by atoms with van der Waals surface area (Å²) < 4.78 is 27.2. The fraction of sp³-hybridized carbons (Fsp3) is 0.350. The minimum Gasteiger partial charge on any atom is -0.326 e. The van der Waals surface area contributed by atoms with E-state index >= 15 is 0 Å². The van der Waals surface area contributed by atoms with E-state index in [9.17, 15) is 13.2 Å². The third-order valence-electron chi connectivity index (χ3n) is 4.82. The van der Waals surface area contributed by atoms with E-state index in [0.29, 0.717) is 19.4 Å². The highest BCUT2D eigenvalue weighted by Gasteiger charge is 2.33. The molecular formula is C20H24N2O3S. The largest absolute Gasteiger partial charge is 0.326 e. The molecule has 0 aromatic heterocycles. The molecule has 0 saturated carbocycles. The summed E-state index contributed by atoms with van der Waals surface area (Å²) in [7, 11) is -3.57. The van der Waals surface area contributed by atoms with Crippen molar-refractivity contribution in [3.63, 3.8) is 0 Å². The van der Waals surface area contributed by atoms with Crippen molar-refractivity contribution in [2.75, 3.05) is 18.4 Å². The predicted molar refractivity (Wildman–Crippen MR) is 102 cm³/mol. The number of sulfonamides is 1. The van der Waals surface area contributed by atoms with Gasteiger partial charge in [0.15, 0.2) is 0 Å². The Labute approximate surface area is 155 Å². The number of amides is 1. The molecule has 1 aliphatic heterocycles. The van der Waals surface area contributed by atoms with Gasteiger partial charge in [0.05, 0.1) is 10.8 Å². The molecule has 0 radical (unpaired) electrons. The summed E-state index contributed by atoms with van der Waals surface area (Å²) in [6, 6.07) is 14.4. The highest BCUT2D eigenvalue weighted by atomic mass is 32.2. The second kappa shape index (κ2) is 7.60. The normalized spacial score (nSPS) is 18.5. The Morgan fingerprint density at radius 3 is 2.46 bits per heavy atom. The van der Waals surface area contributed by atoms with Crippen LogP contribution in [0.4, 0.5) is 5.69 Å². The van der Waals surface area contributed by atoms with Gasteiger partial charge < -0.3 is 5.32 Å². The third kappa shape index (κ3) is 3.97. The highest BCUT2D eigenvalue weighted by Crippen LogP contribution is 2.25. The van der Waals surface area contributed by atoms with Gasteiger partial charge in [0.25, 0.3) is 0 Å². The van der Waals surface area contributed by atoms with Gasteiger partial charge >= 0.3 is 0 Å². The van der Waals surface area contributed by atoms with Gasteiger partial charge in [-0.1, -0.05) is 35.9 Å². The molecule has 1 atom stereocenters. The van der Waals surface area contributed by atoms with Gasteiger partial charge in [-0.2, -0.15) is 4.31 Å². The number of para-hydroxylation sites is 1. The van der Waals surface area contributed by atoms with Gasteiger partial charge in [0.1, 0.15) is 0 Å². The van der Waals surface area contributed by atoms with E-state index in [-0.39, 0.29) is 23.3 Å². The van der Waals surface area contributed by atoms with Crippen molar-refractivity contribution in [2.45, 2.75) is 31.6 Å². The standard InChI is InChI=1S/C20H24N2O3S/c1-15-9-11-18(12-10-15)26(24,25)22-13-5-7-17(14-22)20(23)21-19-8-4-3-6-16(19)2/h3-4,6,8-12,17H,5,7,13-14H2,1-2H3,(H,21,23)/t17-/m1/s1. The lowest BCUT2D eigenvalue weighted by molar-refractivity contribution is -0.120. The first-order chi connectivity index (χ1) is 12.4. The van der Waals surface area contributed by atoms with Crippen LogP contribution in [-0.4, -0.2) is 31.7 Å². The van der Waals surface area contributed by atoms with E-state index in [4.69, 9.17) is 0 Å². The SMILES string of the molecule is Cc1ccc(S(=O)(=O)N2CCC[C@@H](C(=O)Nc3ccccc3C)C2)cc1. The van der Waals surface area contributed by atoms with Crippen molar-refractivity contribution < 1.29 is 13.2 Å². The van der Waals surface area contributed by atoms with Crippen LogP contribution < -0.4 is 5.32 Å². The van der Waals surface area contributed by atoms with Crippen LogP contribution in [0.1, 0.15) is 24.0 Å². The average molecular weight is 372 g/mol. The molecule has 0 bridgehead atoms. The quantitative estimate of drug-likeness (QED) is 0.895. The molecule has 1 N–H and O–H groups in total. The van der Waals surface area contributed by atoms with Crippen LogP contribution in [0.25, 0.3) is 0 Å². The minimum atomic E-state index is -3.57. The average Bonchev–Trinajstić information content (AvgIpc) is 2.64. The number of aryl methyl sites for hydroxylation is 2. The molecule has 26 heavy (non-hydrogen) atoms. The fourth-order valence-corrected chi connectivity index (χ4v) is 4.71. The zero-order valence-electron chi connectivity index (χ0n) is 15.1. The predicted octanol–water partition coefficient (Wildman–Crippen LogP) is 3.34. The zero-order valence-corrected chi connectivity index (χ0v) is 15.9. The van der Waals surface area contributed by atoms with Gasteiger partial charge in [-0.15, -0.1) is 0 Å². The molecular weight excluding hydrogens is 348 g/mol. The number of piperidine rings is 1. The van der Waals surface area contributed by atoms with Gasteiger partial charge in [-0.25, -0.2) is 8.42 Å². The molecule has 2 aromatic carbocycles. The van der Waals surface area contributed by atoms with E-state index in [1.807, 2.05) is 38.1 Å². The Balaban J connectivity index is 1.73. The molecule has 3 rings (SSSR count). The summed E-state index contributed by atoms with van der Waals surface area (Å²) in [5.74, 6) is -0.466. The lowest BCUT2D eigenvalue weighted by Gasteiger charge is -2.31. The van der Waals surface area contributed by atoms with E-state index < -0.39 is 10.0 Å². The van der Waals surface area contributed by atoms with Crippen molar-refractivity contribution in [3.05, 3.63) is 59.7 Å². The molecule has 1 saturated heterocycles. The molecule has 1 amide bonds. The number of carbonyl (C=O) groups excluding carboxylic acids is 1. The van der Waals surface area contributed by atoms with Crippen molar-refractivity contribution >= 4 is 21.6 Å². The van der Waals surface area contributed by atoms with Crippen LogP contribution >= 0.6 is 0 Å². The van der Waals surface area contributed by atoms with Crippen molar-refractivity contribution in [1.29, 1.82) is 0 Å². The first-order valence-corrected chi connectivity index (χ1v) is 10.3. The van der Waals surface area contributed by atoms with Crippen molar-refractivity contribution in [3.8, 4) is 0 Å². The van der Waals surface area contributed by atoms with Gasteiger partial charge in [-0.3, -0.25) is 4.79 Å². The van der Waals surface area contributed by atoms with E-state index in [1.54, 1.807) is 24.3 Å². The Morgan fingerprint density at radius 1 is 1.08 bits per heavy atom. The molecule has 1 fully saturated rings. The maximum absolute atomic E-state index is 12.9. The van der Waals surface area contributed by atoms with Crippen LogP contribution in [-0.2, 0) is 14.8 Å². The van der Waals surface area contributed by atoms with Crippen molar-refractivity contribution in [1.82, 2.24) is 4.31 Å².